The molecule has 2 amide bonds. The Morgan fingerprint density at radius 2 is 1.72 bits per heavy atom. The zero-order valence-corrected chi connectivity index (χ0v) is 16.4. The minimum Gasteiger partial charge on any atom is -0.495 e. The number of halogens is 4. The fourth-order valence-corrected chi connectivity index (χ4v) is 2.66. The predicted molar refractivity (Wildman–Crippen MR) is 104 cm³/mol. The van der Waals surface area contributed by atoms with Gasteiger partial charge in [0, 0.05) is 10.7 Å². The van der Waals surface area contributed by atoms with Gasteiger partial charge in [0.1, 0.15) is 5.75 Å². The SMILES string of the molecule is COc1ccc(Cl)cc1NC(=O)CN(C)CC(=O)Nc1cccc(C(F)(F)F)c1. The Kier molecular flexibility index (Phi) is 7.46. The molecule has 0 aliphatic carbocycles. The number of amides is 2. The summed E-state index contributed by atoms with van der Waals surface area (Å²) in [5, 5.41) is 5.43. The predicted octanol–water partition coefficient (Wildman–Crippen LogP) is 3.88. The number of methoxy groups -OCH3 is 1. The summed E-state index contributed by atoms with van der Waals surface area (Å²) in [4.78, 5) is 25.7. The maximum Gasteiger partial charge on any atom is 0.416 e. The molecule has 0 saturated carbocycles. The van der Waals surface area contributed by atoms with Crippen molar-refractivity contribution in [3.63, 3.8) is 0 Å². The van der Waals surface area contributed by atoms with E-state index in [2.05, 4.69) is 10.6 Å². The molecular formula is C19H19ClF3N3O3. The smallest absolute Gasteiger partial charge is 0.416 e. The molecule has 0 saturated heterocycles. The van der Waals surface area contributed by atoms with Crippen LogP contribution in [0.1, 0.15) is 5.56 Å². The Hall–Kier alpha value is -2.78. The van der Waals surface area contributed by atoms with Gasteiger partial charge in [-0.3, -0.25) is 14.5 Å². The topological polar surface area (TPSA) is 70.7 Å². The molecule has 0 spiro atoms. The van der Waals surface area contributed by atoms with Crippen molar-refractivity contribution in [3.8, 4) is 5.75 Å². The van der Waals surface area contributed by atoms with E-state index in [0.717, 1.165) is 12.1 Å². The van der Waals surface area contributed by atoms with Gasteiger partial charge in [-0.1, -0.05) is 17.7 Å². The molecule has 156 valence electrons. The lowest BCUT2D eigenvalue weighted by atomic mass is 10.2. The summed E-state index contributed by atoms with van der Waals surface area (Å²) in [5.74, 6) is -0.549. The van der Waals surface area contributed by atoms with Crippen LogP contribution in [0.5, 0.6) is 5.75 Å². The van der Waals surface area contributed by atoms with Gasteiger partial charge in [-0.25, -0.2) is 0 Å². The van der Waals surface area contributed by atoms with Crippen molar-refractivity contribution in [1.82, 2.24) is 4.90 Å². The molecule has 2 aromatic carbocycles. The fourth-order valence-electron chi connectivity index (χ4n) is 2.49. The largest absolute Gasteiger partial charge is 0.495 e. The highest BCUT2D eigenvalue weighted by Crippen LogP contribution is 2.30. The van der Waals surface area contributed by atoms with Crippen molar-refractivity contribution in [3.05, 3.63) is 53.1 Å². The molecule has 0 unspecified atom stereocenters. The van der Waals surface area contributed by atoms with Crippen molar-refractivity contribution >= 4 is 34.8 Å². The lowest BCUT2D eigenvalue weighted by Crippen LogP contribution is -2.36. The third-order valence-corrected chi connectivity index (χ3v) is 3.97. The number of hydrogen-bond donors (Lipinski definition) is 2. The summed E-state index contributed by atoms with van der Waals surface area (Å²) < 4.78 is 43.3. The van der Waals surface area contributed by atoms with Gasteiger partial charge in [0.2, 0.25) is 11.8 Å². The number of anilines is 2. The molecule has 0 bridgehead atoms. The average molecular weight is 430 g/mol. The molecule has 2 rings (SSSR count). The first-order chi connectivity index (χ1) is 13.6. The number of rotatable bonds is 7. The maximum atomic E-state index is 12.7. The average Bonchev–Trinajstić information content (AvgIpc) is 2.61. The number of ether oxygens (including phenoxy) is 1. The van der Waals surface area contributed by atoms with Crippen LogP contribution in [0, 0.1) is 0 Å². The summed E-state index contributed by atoms with van der Waals surface area (Å²) in [6.45, 7) is -0.331. The summed E-state index contributed by atoms with van der Waals surface area (Å²) in [6, 6.07) is 9.05. The molecule has 0 heterocycles. The number of nitrogens with one attached hydrogen (secondary N) is 2. The van der Waals surface area contributed by atoms with Crippen LogP contribution in [-0.2, 0) is 15.8 Å². The minimum absolute atomic E-state index is 0.0198. The first kappa shape index (κ1) is 22.5. The van der Waals surface area contributed by atoms with Crippen LogP contribution < -0.4 is 15.4 Å². The van der Waals surface area contributed by atoms with Crippen LogP contribution in [0.15, 0.2) is 42.5 Å². The zero-order valence-electron chi connectivity index (χ0n) is 15.6. The molecule has 0 atom stereocenters. The summed E-state index contributed by atoms with van der Waals surface area (Å²) in [5.41, 5.74) is -0.461. The summed E-state index contributed by atoms with van der Waals surface area (Å²) in [7, 11) is 2.98. The highest BCUT2D eigenvalue weighted by atomic mass is 35.5. The summed E-state index contributed by atoms with van der Waals surface area (Å²) in [6.07, 6.45) is -4.50. The molecule has 0 aliphatic rings. The zero-order chi connectivity index (χ0) is 21.6. The van der Waals surface area contributed by atoms with Gasteiger partial charge in [0.15, 0.2) is 0 Å². The van der Waals surface area contributed by atoms with Gasteiger partial charge >= 0.3 is 6.18 Å². The number of hydrogen-bond acceptors (Lipinski definition) is 4. The molecule has 0 aromatic heterocycles. The Labute approximate surface area is 170 Å². The Morgan fingerprint density at radius 1 is 1.07 bits per heavy atom. The van der Waals surface area contributed by atoms with E-state index in [4.69, 9.17) is 16.3 Å². The van der Waals surface area contributed by atoms with E-state index >= 15 is 0 Å². The molecular weight excluding hydrogens is 411 g/mol. The maximum absolute atomic E-state index is 12.7. The van der Waals surface area contributed by atoms with Crippen molar-refractivity contribution in [2.24, 2.45) is 0 Å². The standard InChI is InChI=1S/C19H19ClF3N3O3/c1-26(11-18(28)25-15-9-13(20)6-7-16(15)29-2)10-17(27)24-14-5-3-4-12(8-14)19(21,22)23/h3-9H,10-11H2,1-2H3,(H,24,27)(H,25,28). The fraction of sp³-hybridized carbons (Fsp3) is 0.263. The van der Waals surface area contributed by atoms with Crippen LogP contribution in [-0.4, -0.2) is 44.0 Å². The van der Waals surface area contributed by atoms with Crippen LogP contribution in [0.2, 0.25) is 5.02 Å². The molecule has 29 heavy (non-hydrogen) atoms. The van der Waals surface area contributed by atoms with Crippen LogP contribution in [0.3, 0.4) is 0 Å². The van der Waals surface area contributed by atoms with Gasteiger partial charge in [0.05, 0.1) is 31.5 Å². The van der Waals surface area contributed by atoms with E-state index in [9.17, 15) is 22.8 Å². The Balaban J connectivity index is 1.90. The van der Waals surface area contributed by atoms with E-state index in [1.54, 1.807) is 12.1 Å². The third-order valence-electron chi connectivity index (χ3n) is 3.74. The molecule has 0 aliphatic heterocycles. The Morgan fingerprint density at radius 3 is 2.34 bits per heavy atom. The number of alkyl halides is 3. The molecule has 10 heteroatoms. The van der Waals surface area contributed by atoms with Crippen LogP contribution >= 0.6 is 11.6 Å². The third kappa shape index (κ3) is 6.95. The monoisotopic (exact) mass is 429 g/mol. The quantitative estimate of drug-likeness (QED) is 0.701. The molecule has 2 aromatic rings. The normalized spacial score (nSPS) is 11.3. The first-order valence-electron chi connectivity index (χ1n) is 8.37. The van der Waals surface area contributed by atoms with Gasteiger partial charge in [-0.05, 0) is 43.4 Å². The Bertz CT molecular complexity index is 890. The van der Waals surface area contributed by atoms with Crippen molar-refractivity contribution in [1.29, 1.82) is 0 Å². The number of carbonyl (C=O) groups excluding carboxylic acids is 2. The van der Waals surface area contributed by atoms with E-state index in [1.165, 1.54) is 37.3 Å². The van der Waals surface area contributed by atoms with E-state index in [1.807, 2.05) is 0 Å². The lowest BCUT2D eigenvalue weighted by Gasteiger charge is -2.17. The second-order valence-corrected chi connectivity index (χ2v) is 6.63. The molecule has 2 N–H and O–H groups in total. The van der Waals surface area contributed by atoms with Gasteiger partial charge in [-0.2, -0.15) is 13.2 Å². The second kappa shape index (κ2) is 9.62. The molecule has 0 fully saturated rings. The number of likely N-dealkylation sites (N-methyl/N-ethyl adjacent to an activating group) is 1. The first-order valence-corrected chi connectivity index (χ1v) is 8.75. The van der Waals surface area contributed by atoms with E-state index in [0.29, 0.717) is 16.5 Å². The van der Waals surface area contributed by atoms with Crippen molar-refractivity contribution < 1.29 is 27.5 Å². The van der Waals surface area contributed by atoms with Gasteiger partial charge in [-0.15, -0.1) is 0 Å². The van der Waals surface area contributed by atoms with Crippen LogP contribution in [0.4, 0.5) is 24.5 Å². The minimum atomic E-state index is -4.50. The number of benzene rings is 2. The van der Waals surface area contributed by atoms with Crippen LogP contribution in [0.25, 0.3) is 0 Å². The van der Waals surface area contributed by atoms with Crippen molar-refractivity contribution in [2.75, 3.05) is 37.9 Å². The highest BCUT2D eigenvalue weighted by molar-refractivity contribution is 6.31. The van der Waals surface area contributed by atoms with Crippen molar-refractivity contribution in [2.45, 2.75) is 6.18 Å². The highest BCUT2D eigenvalue weighted by Gasteiger charge is 2.30. The molecule has 0 radical (unpaired) electrons. The van der Waals surface area contributed by atoms with Gasteiger partial charge < -0.3 is 15.4 Å². The van der Waals surface area contributed by atoms with E-state index in [-0.39, 0.29) is 18.8 Å². The van der Waals surface area contributed by atoms with Gasteiger partial charge in [0.25, 0.3) is 0 Å². The lowest BCUT2D eigenvalue weighted by molar-refractivity contribution is -0.137. The molecule has 6 nitrogen and oxygen atoms in total. The van der Waals surface area contributed by atoms with E-state index < -0.39 is 23.6 Å². The number of carbonyl (C=O) groups is 2. The summed E-state index contributed by atoms with van der Waals surface area (Å²) >= 11 is 5.91. The second-order valence-electron chi connectivity index (χ2n) is 6.19. The number of nitrogens with zero attached hydrogens (tertiary/aromatic N) is 1.